The summed E-state index contributed by atoms with van der Waals surface area (Å²) in [4.78, 5) is 11.7. The second-order valence-corrected chi connectivity index (χ2v) is 9.79. The van der Waals surface area contributed by atoms with Crippen LogP contribution in [0.3, 0.4) is 0 Å². The largest absolute Gasteiger partial charge is 0.422 e. The first-order valence-electron chi connectivity index (χ1n) is 7.25. The van der Waals surface area contributed by atoms with Crippen molar-refractivity contribution in [1.82, 2.24) is 15.0 Å². The predicted molar refractivity (Wildman–Crippen MR) is 125 cm³/mol. The molecule has 1 heterocycles. The second-order valence-electron chi connectivity index (χ2n) is 4.91. The van der Waals surface area contributed by atoms with Gasteiger partial charge in [-0.25, -0.2) is 4.98 Å². The van der Waals surface area contributed by atoms with E-state index in [0.717, 1.165) is 17.9 Å². The second kappa shape index (κ2) is 10.2. The van der Waals surface area contributed by atoms with E-state index >= 15 is 0 Å². The number of hydrogen-bond donors (Lipinski definition) is 0. The number of aromatic nitrogens is 3. The summed E-state index contributed by atoms with van der Waals surface area (Å²) in [6.07, 6.45) is 2.63. The van der Waals surface area contributed by atoms with Crippen molar-refractivity contribution in [2.45, 2.75) is 6.48 Å². The van der Waals surface area contributed by atoms with Crippen LogP contribution in [-0.2, 0) is 0 Å². The van der Waals surface area contributed by atoms with Gasteiger partial charge in [0, 0.05) is 17.9 Å². The van der Waals surface area contributed by atoms with Gasteiger partial charge >= 0.3 is 12.5 Å². The molecule has 0 aliphatic rings. The zero-order valence-corrected chi connectivity index (χ0v) is 22.9. The Morgan fingerprint density at radius 1 is 0.607 bits per heavy atom. The lowest BCUT2D eigenvalue weighted by molar-refractivity contribution is -0.145. The fourth-order valence-corrected chi connectivity index (χ4v) is 4.58. The summed E-state index contributed by atoms with van der Waals surface area (Å²) >= 11 is 20.8. The Hall–Kier alpha value is -0.270. The summed E-state index contributed by atoms with van der Waals surface area (Å²) in [6, 6.07) is 7.24. The highest BCUT2D eigenvalue weighted by atomic mass is 79.9. The molecule has 146 valence electrons. The van der Waals surface area contributed by atoms with Crippen molar-refractivity contribution in [2.24, 2.45) is 0 Å². The Morgan fingerprint density at radius 3 is 1.54 bits per heavy atom. The lowest BCUT2D eigenvalue weighted by Crippen LogP contribution is -2.31. The molecule has 0 saturated heterocycles. The highest BCUT2D eigenvalue weighted by molar-refractivity contribution is 9.15. The molecule has 0 bridgehead atoms. The van der Waals surface area contributed by atoms with E-state index in [1.807, 2.05) is 12.1 Å². The van der Waals surface area contributed by atoms with Crippen molar-refractivity contribution in [3.05, 3.63) is 63.8 Å². The Bertz CT molecular complexity index is 934. The van der Waals surface area contributed by atoms with Gasteiger partial charge in [0.2, 0.25) is 0 Å². The summed E-state index contributed by atoms with van der Waals surface area (Å²) in [5, 5.41) is 0. The summed E-state index contributed by atoms with van der Waals surface area (Å²) in [5.74, 6) is 0.975. The third-order valence-corrected chi connectivity index (χ3v) is 9.79. The first-order valence-corrected chi connectivity index (χ1v) is 12.0. The third-order valence-electron chi connectivity index (χ3n) is 3.12. The van der Waals surface area contributed by atoms with E-state index in [2.05, 4.69) is 111 Å². The third kappa shape index (κ3) is 5.45. The molecule has 0 unspecified atom stereocenters. The van der Waals surface area contributed by atoms with E-state index in [1.54, 1.807) is 12.1 Å². The van der Waals surface area contributed by atoms with Gasteiger partial charge < -0.3 is 14.2 Å². The Kier molecular flexibility index (Phi) is 8.14. The number of nitrogens with zero attached hydrogens (tertiary/aromatic N) is 3. The maximum Gasteiger partial charge on any atom is 0.408 e. The molecule has 2 aromatic carbocycles. The summed E-state index contributed by atoms with van der Waals surface area (Å²) in [7, 11) is 0. The summed E-state index contributed by atoms with van der Waals surface area (Å²) in [5.41, 5.74) is 0. The van der Waals surface area contributed by atoms with Crippen LogP contribution < -0.4 is 14.2 Å². The molecular weight excluding hydrogens is 762 g/mol. The van der Waals surface area contributed by atoms with Gasteiger partial charge in [0.15, 0.2) is 0 Å². The van der Waals surface area contributed by atoms with Crippen LogP contribution in [0.5, 0.6) is 17.5 Å². The maximum atomic E-state index is 5.92. The van der Waals surface area contributed by atoms with Gasteiger partial charge in [-0.05, 0) is 120 Å². The number of hydrogen-bond acceptors (Lipinski definition) is 6. The lowest BCUT2D eigenvalue weighted by Gasteiger charge is -2.21. The van der Waals surface area contributed by atoms with Crippen LogP contribution in [-0.4, -0.2) is 21.4 Å². The van der Waals surface area contributed by atoms with Gasteiger partial charge in [0.05, 0.1) is 8.95 Å². The molecule has 28 heavy (non-hydrogen) atoms. The number of rotatable bonds is 6. The molecule has 6 nitrogen and oxygen atoms in total. The molecule has 0 radical (unpaired) electrons. The van der Waals surface area contributed by atoms with Crippen molar-refractivity contribution in [3.8, 4) is 17.5 Å². The van der Waals surface area contributed by atoms with E-state index < -0.39 is 6.48 Å². The minimum absolute atomic E-state index is 0.0552. The van der Waals surface area contributed by atoms with Gasteiger partial charge in [-0.3, -0.25) is 0 Å². The molecule has 0 saturated carbocycles. The van der Waals surface area contributed by atoms with Gasteiger partial charge in [-0.2, -0.15) is 9.97 Å². The van der Waals surface area contributed by atoms with Gasteiger partial charge in [-0.1, -0.05) is 0 Å². The average molecular weight is 769 g/mol. The van der Waals surface area contributed by atoms with E-state index in [0.29, 0.717) is 20.4 Å². The standard InChI is InChI=1S/C16H7Br6N3O3/c17-7-1-3-9(13(21)11(7)19)26-16(28-15-24-5-23-6-25-15)27-10-4-2-8(18)12(20)14(10)22/h1-6,16H. The summed E-state index contributed by atoms with van der Waals surface area (Å²) < 4.78 is 22.2. The minimum atomic E-state index is -1.18. The molecule has 0 amide bonds. The topological polar surface area (TPSA) is 66.4 Å². The molecule has 0 aliphatic carbocycles. The van der Waals surface area contributed by atoms with Crippen LogP contribution in [0.25, 0.3) is 0 Å². The first-order chi connectivity index (χ1) is 13.4. The van der Waals surface area contributed by atoms with Crippen LogP contribution >= 0.6 is 95.6 Å². The molecule has 3 rings (SSSR count). The quantitative estimate of drug-likeness (QED) is 0.194. The maximum absolute atomic E-state index is 5.92. The lowest BCUT2D eigenvalue weighted by atomic mass is 10.3. The van der Waals surface area contributed by atoms with Gasteiger partial charge in [0.1, 0.15) is 24.2 Å². The number of benzene rings is 2. The van der Waals surface area contributed by atoms with E-state index in [9.17, 15) is 0 Å². The number of ether oxygens (including phenoxy) is 3. The van der Waals surface area contributed by atoms with Crippen molar-refractivity contribution >= 4 is 95.6 Å². The molecule has 0 fully saturated rings. The normalized spacial score (nSPS) is 10.8. The molecule has 0 atom stereocenters. The Labute approximate surface area is 210 Å². The average Bonchev–Trinajstić information content (AvgIpc) is 2.69. The Balaban J connectivity index is 1.91. The van der Waals surface area contributed by atoms with Crippen LogP contribution in [0.4, 0.5) is 0 Å². The summed E-state index contributed by atoms with van der Waals surface area (Å²) in [6.45, 7) is -1.18. The molecule has 1 aromatic heterocycles. The van der Waals surface area contributed by atoms with Crippen molar-refractivity contribution in [2.75, 3.05) is 0 Å². The smallest absolute Gasteiger partial charge is 0.408 e. The van der Waals surface area contributed by atoms with Crippen molar-refractivity contribution in [3.63, 3.8) is 0 Å². The van der Waals surface area contributed by atoms with E-state index in [-0.39, 0.29) is 6.01 Å². The Morgan fingerprint density at radius 2 is 1.07 bits per heavy atom. The number of halogens is 6. The molecule has 0 spiro atoms. The van der Waals surface area contributed by atoms with Gasteiger partial charge in [-0.15, -0.1) is 0 Å². The molecule has 12 heteroatoms. The van der Waals surface area contributed by atoms with Gasteiger partial charge in [0.25, 0.3) is 0 Å². The molecular formula is C16H7Br6N3O3. The highest BCUT2D eigenvalue weighted by Gasteiger charge is 2.21. The van der Waals surface area contributed by atoms with E-state index in [1.165, 1.54) is 12.7 Å². The first kappa shape index (κ1) is 22.4. The molecule has 3 aromatic rings. The van der Waals surface area contributed by atoms with E-state index in [4.69, 9.17) is 14.2 Å². The van der Waals surface area contributed by atoms with Crippen LogP contribution in [0, 0.1) is 0 Å². The van der Waals surface area contributed by atoms with Crippen molar-refractivity contribution < 1.29 is 14.2 Å². The zero-order chi connectivity index (χ0) is 20.3. The predicted octanol–water partition coefficient (Wildman–Crippen LogP) is 7.27. The monoisotopic (exact) mass is 763 g/mol. The van der Waals surface area contributed by atoms with Crippen LogP contribution in [0.2, 0.25) is 0 Å². The minimum Gasteiger partial charge on any atom is -0.422 e. The molecule has 0 N–H and O–H groups in total. The fraction of sp³-hybridized carbons (Fsp3) is 0.0625. The highest BCUT2D eigenvalue weighted by Crippen LogP contribution is 2.40. The van der Waals surface area contributed by atoms with Crippen LogP contribution in [0.15, 0.2) is 63.8 Å². The fourth-order valence-electron chi connectivity index (χ4n) is 1.85. The van der Waals surface area contributed by atoms with Crippen molar-refractivity contribution in [1.29, 1.82) is 0 Å². The SMILES string of the molecule is Brc1ccc(OC(Oc2ncncn2)Oc2ccc(Br)c(Br)c2Br)c(Br)c1Br. The zero-order valence-electron chi connectivity index (χ0n) is 13.4. The molecule has 0 aliphatic heterocycles. The van der Waals surface area contributed by atoms with Crippen LogP contribution in [0.1, 0.15) is 0 Å².